The van der Waals surface area contributed by atoms with Gasteiger partial charge in [0.25, 0.3) is 0 Å². The number of hydrogen-bond acceptors (Lipinski definition) is 3. The normalized spacial score (nSPS) is 13.8. The minimum absolute atomic E-state index is 0. The Hall–Kier alpha value is 0.310. The highest BCUT2D eigenvalue weighted by Gasteiger charge is 2.15. The van der Waals surface area contributed by atoms with E-state index in [1.807, 2.05) is 25.6 Å². The van der Waals surface area contributed by atoms with Crippen molar-refractivity contribution in [3.63, 3.8) is 0 Å². The van der Waals surface area contributed by atoms with Gasteiger partial charge in [0, 0.05) is 25.4 Å². The third kappa shape index (κ3) is 10.3. The minimum atomic E-state index is -0.215. The molecule has 18 heavy (non-hydrogen) atoms. The summed E-state index contributed by atoms with van der Waals surface area (Å²) in [6.45, 7) is 10.8. The Morgan fingerprint density at radius 2 is 2.00 bits per heavy atom. The monoisotopic (exact) mass is 389 g/mol. The molecule has 1 atom stereocenters. The number of guanidine groups is 1. The molecule has 110 valence electrons. The molecule has 0 spiro atoms. The smallest absolute Gasteiger partial charge is 0.191 e. The average Bonchev–Trinajstić information content (AvgIpc) is 2.32. The summed E-state index contributed by atoms with van der Waals surface area (Å²) in [6, 6.07) is 0. The van der Waals surface area contributed by atoms with E-state index in [0.717, 1.165) is 19.0 Å². The number of nitrogens with zero attached hydrogens (tertiary/aromatic N) is 1. The minimum Gasteiger partial charge on any atom is -0.377 e. The number of nitrogens with one attached hydrogen (secondary N) is 2. The fourth-order valence-corrected chi connectivity index (χ4v) is 1.25. The van der Waals surface area contributed by atoms with E-state index in [9.17, 15) is 0 Å². The van der Waals surface area contributed by atoms with Crippen molar-refractivity contribution in [3.05, 3.63) is 0 Å². The van der Waals surface area contributed by atoms with Crippen molar-refractivity contribution in [2.24, 2.45) is 4.99 Å². The SMILES string of the molecule is CCNC(=NCC(C)(C)OC)NCC(C)SC.I. The van der Waals surface area contributed by atoms with Crippen LogP contribution in [0.3, 0.4) is 0 Å². The van der Waals surface area contributed by atoms with Crippen LogP contribution in [0.25, 0.3) is 0 Å². The van der Waals surface area contributed by atoms with E-state index >= 15 is 0 Å². The van der Waals surface area contributed by atoms with E-state index in [0.29, 0.717) is 11.8 Å². The molecule has 0 aromatic rings. The zero-order valence-electron chi connectivity index (χ0n) is 12.4. The zero-order chi connectivity index (χ0) is 13.3. The van der Waals surface area contributed by atoms with E-state index < -0.39 is 0 Å². The largest absolute Gasteiger partial charge is 0.377 e. The van der Waals surface area contributed by atoms with Crippen LogP contribution in [0.4, 0.5) is 0 Å². The summed E-state index contributed by atoms with van der Waals surface area (Å²) in [4.78, 5) is 4.52. The number of rotatable bonds is 7. The Morgan fingerprint density at radius 1 is 1.39 bits per heavy atom. The Kier molecular flexibility index (Phi) is 12.8. The summed E-state index contributed by atoms with van der Waals surface area (Å²) >= 11 is 1.84. The van der Waals surface area contributed by atoms with Gasteiger partial charge in [0.2, 0.25) is 0 Å². The molecule has 2 N–H and O–H groups in total. The van der Waals surface area contributed by atoms with Gasteiger partial charge in [-0.2, -0.15) is 11.8 Å². The van der Waals surface area contributed by atoms with E-state index in [1.54, 1.807) is 7.11 Å². The molecule has 0 heterocycles. The Balaban J connectivity index is 0. The van der Waals surface area contributed by atoms with Gasteiger partial charge in [-0.1, -0.05) is 6.92 Å². The van der Waals surface area contributed by atoms with E-state index in [4.69, 9.17) is 4.74 Å². The third-order valence-electron chi connectivity index (χ3n) is 2.47. The van der Waals surface area contributed by atoms with Crippen LogP contribution in [0.2, 0.25) is 0 Å². The summed E-state index contributed by atoms with van der Waals surface area (Å²) in [5, 5.41) is 7.14. The molecule has 0 saturated heterocycles. The summed E-state index contributed by atoms with van der Waals surface area (Å²) < 4.78 is 5.35. The quantitative estimate of drug-likeness (QED) is 0.399. The Morgan fingerprint density at radius 3 is 2.44 bits per heavy atom. The number of hydrogen-bond donors (Lipinski definition) is 2. The van der Waals surface area contributed by atoms with Crippen molar-refractivity contribution < 1.29 is 4.74 Å². The molecule has 0 radical (unpaired) electrons. The van der Waals surface area contributed by atoms with Gasteiger partial charge >= 0.3 is 0 Å². The van der Waals surface area contributed by atoms with E-state index in [-0.39, 0.29) is 29.6 Å². The van der Waals surface area contributed by atoms with Crippen LogP contribution in [-0.2, 0) is 4.74 Å². The summed E-state index contributed by atoms with van der Waals surface area (Å²) in [5.41, 5.74) is -0.215. The van der Waals surface area contributed by atoms with Crippen molar-refractivity contribution in [3.8, 4) is 0 Å². The van der Waals surface area contributed by atoms with Crippen LogP contribution in [0.15, 0.2) is 4.99 Å². The molecule has 0 bridgehead atoms. The summed E-state index contributed by atoms with van der Waals surface area (Å²) in [6.07, 6.45) is 2.12. The third-order valence-corrected chi connectivity index (χ3v) is 3.45. The maximum absolute atomic E-state index is 5.35. The number of aliphatic imine (C=N–C) groups is 1. The van der Waals surface area contributed by atoms with Gasteiger partial charge in [0.15, 0.2) is 5.96 Å². The lowest BCUT2D eigenvalue weighted by Crippen LogP contribution is -2.41. The predicted octanol–water partition coefficient (Wildman–Crippen LogP) is 2.34. The fourth-order valence-electron chi connectivity index (χ4n) is 0.999. The number of methoxy groups -OCH3 is 1. The van der Waals surface area contributed by atoms with Crippen molar-refractivity contribution in [2.75, 3.05) is 33.0 Å². The maximum atomic E-state index is 5.35. The van der Waals surface area contributed by atoms with Gasteiger partial charge in [0.1, 0.15) is 0 Å². The molecule has 0 amide bonds. The molecule has 0 aromatic carbocycles. The second-order valence-electron chi connectivity index (χ2n) is 4.59. The van der Waals surface area contributed by atoms with Crippen LogP contribution in [-0.4, -0.2) is 49.8 Å². The maximum Gasteiger partial charge on any atom is 0.191 e. The van der Waals surface area contributed by atoms with E-state index in [1.165, 1.54) is 0 Å². The molecule has 0 aromatic heterocycles. The molecular weight excluding hydrogens is 361 g/mol. The van der Waals surface area contributed by atoms with Gasteiger partial charge < -0.3 is 15.4 Å². The number of ether oxygens (including phenoxy) is 1. The van der Waals surface area contributed by atoms with Gasteiger partial charge in [-0.05, 0) is 27.0 Å². The summed E-state index contributed by atoms with van der Waals surface area (Å²) in [5.74, 6) is 0.860. The van der Waals surface area contributed by atoms with Gasteiger partial charge in [-0.3, -0.25) is 4.99 Å². The zero-order valence-corrected chi connectivity index (χ0v) is 15.5. The lowest BCUT2D eigenvalue weighted by atomic mass is 10.1. The second-order valence-corrected chi connectivity index (χ2v) is 5.86. The first-order chi connectivity index (χ1) is 7.95. The van der Waals surface area contributed by atoms with Crippen LogP contribution >= 0.6 is 35.7 Å². The molecule has 0 fully saturated rings. The van der Waals surface area contributed by atoms with Crippen molar-refractivity contribution in [1.82, 2.24) is 10.6 Å². The van der Waals surface area contributed by atoms with Crippen LogP contribution < -0.4 is 10.6 Å². The standard InChI is InChI=1S/C12H27N3OS.HI/c1-7-13-11(14-8-10(2)17-6)15-9-12(3,4)16-5;/h10H,7-9H2,1-6H3,(H2,13,14,15);1H. The summed E-state index contributed by atoms with van der Waals surface area (Å²) in [7, 11) is 1.71. The molecule has 0 aliphatic heterocycles. The first-order valence-corrected chi connectivity index (χ1v) is 7.34. The van der Waals surface area contributed by atoms with Gasteiger partial charge in [-0.15, -0.1) is 24.0 Å². The first kappa shape index (κ1) is 20.6. The van der Waals surface area contributed by atoms with Gasteiger partial charge in [0.05, 0.1) is 12.1 Å². The van der Waals surface area contributed by atoms with E-state index in [2.05, 4.69) is 35.7 Å². The molecule has 0 aliphatic carbocycles. The van der Waals surface area contributed by atoms with Crippen molar-refractivity contribution in [2.45, 2.75) is 38.5 Å². The molecule has 4 nitrogen and oxygen atoms in total. The lowest BCUT2D eigenvalue weighted by Gasteiger charge is -2.21. The van der Waals surface area contributed by atoms with Crippen molar-refractivity contribution >= 4 is 41.7 Å². The van der Waals surface area contributed by atoms with Crippen LogP contribution in [0.1, 0.15) is 27.7 Å². The first-order valence-electron chi connectivity index (χ1n) is 6.05. The fraction of sp³-hybridized carbons (Fsp3) is 0.917. The lowest BCUT2D eigenvalue weighted by molar-refractivity contribution is 0.0311. The van der Waals surface area contributed by atoms with Gasteiger partial charge in [-0.25, -0.2) is 0 Å². The predicted molar refractivity (Wildman–Crippen MR) is 93.5 cm³/mol. The van der Waals surface area contributed by atoms with Crippen LogP contribution in [0, 0.1) is 0 Å². The van der Waals surface area contributed by atoms with Crippen LogP contribution in [0.5, 0.6) is 0 Å². The Labute approximate surface area is 133 Å². The molecule has 0 rings (SSSR count). The molecule has 0 saturated carbocycles. The average molecular weight is 389 g/mol. The highest BCUT2D eigenvalue weighted by Crippen LogP contribution is 2.07. The Bertz CT molecular complexity index is 237. The van der Waals surface area contributed by atoms with Crippen molar-refractivity contribution in [1.29, 1.82) is 0 Å². The molecule has 0 aliphatic rings. The second kappa shape index (κ2) is 11.2. The molecule has 1 unspecified atom stereocenters. The molecule has 6 heteroatoms. The number of thioether (sulfide) groups is 1. The number of halogens is 1. The highest BCUT2D eigenvalue weighted by atomic mass is 127. The topological polar surface area (TPSA) is 45.7 Å². The highest BCUT2D eigenvalue weighted by molar-refractivity contribution is 14.0. The molecular formula is C12H28IN3OS.